The van der Waals surface area contributed by atoms with Crippen LogP contribution in [0.15, 0.2) is 0 Å². The van der Waals surface area contributed by atoms with Crippen molar-refractivity contribution in [3.05, 3.63) is 0 Å². The molecule has 8 heteroatoms. The summed E-state index contributed by atoms with van der Waals surface area (Å²) >= 11 is 0. The van der Waals surface area contributed by atoms with E-state index in [1.807, 2.05) is 0 Å². The highest BCUT2D eigenvalue weighted by Crippen LogP contribution is 2.13. The predicted octanol–water partition coefficient (Wildman–Crippen LogP) is 0.207. The van der Waals surface area contributed by atoms with E-state index in [2.05, 4.69) is 10.2 Å². The molecule has 21 heavy (non-hydrogen) atoms. The van der Waals surface area contributed by atoms with Crippen molar-refractivity contribution in [3.63, 3.8) is 0 Å². The van der Waals surface area contributed by atoms with Crippen molar-refractivity contribution in [1.29, 1.82) is 0 Å². The molecular weight excluding hydrogens is 280 g/mol. The third-order valence-electron chi connectivity index (χ3n) is 2.80. The molecule has 0 aliphatic carbocycles. The molecule has 1 saturated heterocycles. The molecule has 0 bridgehead atoms. The number of hydrogen-bond donors (Lipinski definition) is 1. The first-order valence-electron chi connectivity index (χ1n) is 6.77. The fraction of sp³-hybridized carbons (Fsp3) is 0.615. The maximum absolute atomic E-state index is 11.4. The molecule has 1 fully saturated rings. The molecule has 1 N–H and O–H groups in total. The Bertz CT molecular complexity index is 444. The molecule has 116 valence electrons. The van der Waals surface area contributed by atoms with Crippen LogP contribution in [0.4, 0.5) is 0 Å². The van der Waals surface area contributed by atoms with Gasteiger partial charge in [-0.05, 0) is 12.8 Å². The van der Waals surface area contributed by atoms with Gasteiger partial charge in [-0.15, -0.1) is 5.06 Å². The van der Waals surface area contributed by atoms with Gasteiger partial charge in [-0.25, -0.2) is 4.79 Å². The number of carbonyl (C=O) groups is 5. The van der Waals surface area contributed by atoms with Crippen LogP contribution in [0.25, 0.3) is 0 Å². The van der Waals surface area contributed by atoms with Crippen LogP contribution in [-0.2, 0) is 28.8 Å². The molecule has 0 radical (unpaired) electrons. The first-order chi connectivity index (χ1) is 9.90. The number of hydroxylamine groups is 2. The molecule has 1 aliphatic heterocycles. The molecule has 0 saturated carbocycles. The van der Waals surface area contributed by atoms with Crippen LogP contribution in [0.5, 0.6) is 0 Å². The fourth-order valence-electron chi connectivity index (χ4n) is 1.80. The Morgan fingerprint density at radius 2 is 1.62 bits per heavy atom. The van der Waals surface area contributed by atoms with E-state index in [0.29, 0.717) is 24.3 Å². The van der Waals surface area contributed by atoms with Gasteiger partial charge < -0.3 is 4.84 Å². The average molecular weight is 298 g/mol. The Morgan fingerprint density at radius 3 is 2.19 bits per heavy atom. The van der Waals surface area contributed by atoms with Crippen LogP contribution >= 0.6 is 0 Å². The van der Waals surface area contributed by atoms with Gasteiger partial charge in [0.05, 0.1) is 0 Å². The molecule has 0 spiro atoms. The Balaban J connectivity index is 2.11. The molecule has 1 aliphatic rings. The van der Waals surface area contributed by atoms with Crippen molar-refractivity contribution < 1.29 is 28.8 Å². The predicted molar refractivity (Wildman–Crippen MR) is 69.1 cm³/mol. The second kappa shape index (κ2) is 8.13. The van der Waals surface area contributed by atoms with E-state index in [4.69, 9.17) is 0 Å². The topological polar surface area (TPSA) is 110 Å². The maximum atomic E-state index is 11.4. The smallest absolute Gasteiger partial charge is 0.330 e. The van der Waals surface area contributed by atoms with Crippen molar-refractivity contribution in [3.8, 4) is 0 Å². The SMILES string of the molecule is CC(=O)NC(=O)CCCCCC(=O)ON1C(=O)CCC1=O. The average Bonchev–Trinajstić information content (AvgIpc) is 2.69. The molecule has 1 heterocycles. The van der Waals surface area contributed by atoms with Crippen molar-refractivity contribution in [1.82, 2.24) is 10.4 Å². The Labute approximate surface area is 121 Å². The van der Waals surface area contributed by atoms with Gasteiger partial charge in [0, 0.05) is 32.6 Å². The molecule has 8 nitrogen and oxygen atoms in total. The summed E-state index contributed by atoms with van der Waals surface area (Å²) in [6.07, 6.45) is 2.01. The Hall–Kier alpha value is -2.25. The first kappa shape index (κ1) is 16.8. The minimum absolute atomic E-state index is 0.0609. The molecule has 0 aromatic carbocycles. The van der Waals surface area contributed by atoms with Crippen LogP contribution in [0.2, 0.25) is 0 Å². The number of carbonyl (C=O) groups excluding carboxylic acids is 5. The third kappa shape index (κ3) is 6.15. The van der Waals surface area contributed by atoms with E-state index >= 15 is 0 Å². The summed E-state index contributed by atoms with van der Waals surface area (Å²) in [6.45, 7) is 1.26. The summed E-state index contributed by atoms with van der Waals surface area (Å²) in [7, 11) is 0. The van der Waals surface area contributed by atoms with Crippen molar-refractivity contribution in [2.24, 2.45) is 0 Å². The molecule has 0 unspecified atom stereocenters. The molecule has 0 aromatic heterocycles. The highest BCUT2D eigenvalue weighted by Gasteiger charge is 2.32. The Kier molecular flexibility index (Phi) is 6.51. The van der Waals surface area contributed by atoms with Gasteiger partial charge in [0.15, 0.2) is 0 Å². The lowest BCUT2D eigenvalue weighted by Gasteiger charge is -2.12. The monoisotopic (exact) mass is 298 g/mol. The normalized spacial score (nSPS) is 14.2. The molecule has 1 rings (SSSR count). The van der Waals surface area contributed by atoms with Crippen LogP contribution < -0.4 is 5.32 Å². The molecule has 4 amide bonds. The largest absolute Gasteiger partial charge is 0.333 e. The van der Waals surface area contributed by atoms with Crippen molar-refractivity contribution in [2.45, 2.75) is 51.9 Å². The molecule has 0 atom stereocenters. The van der Waals surface area contributed by atoms with E-state index in [-0.39, 0.29) is 31.6 Å². The number of hydrogen-bond acceptors (Lipinski definition) is 6. The van der Waals surface area contributed by atoms with E-state index in [9.17, 15) is 24.0 Å². The first-order valence-corrected chi connectivity index (χ1v) is 6.77. The van der Waals surface area contributed by atoms with E-state index in [1.165, 1.54) is 6.92 Å². The zero-order valence-corrected chi connectivity index (χ0v) is 11.8. The third-order valence-corrected chi connectivity index (χ3v) is 2.80. The van der Waals surface area contributed by atoms with Crippen LogP contribution in [0, 0.1) is 0 Å². The summed E-state index contributed by atoms with van der Waals surface area (Å²) < 4.78 is 0. The van der Waals surface area contributed by atoms with E-state index in [0.717, 1.165) is 0 Å². The minimum Gasteiger partial charge on any atom is -0.330 e. The van der Waals surface area contributed by atoms with Gasteiger partial charge in [-0.2, -0.15) is 0 Å². The van der Waals surface area contributed by atoms with Crippen LogP contribution in [0.3, 0.4) is 0 Å². The van der Waals surface area contributed by atoms with Gasteiger partial charge >= 0.3 is 5.97 Å². The van der Waals surface area contributed by atoms with Crippen LogP contribution in [-0.4, -0.2) is 34.7 Å². The summed E-state index contributed by atoms with van der Waals surface area (Å²) in [5.74, 6) is -2.41. The van der Waals surface area contributed by atoms with Crippen molar-refractivity contribution >= 4 is 29.6 Å². The lowest BCUT2D eigenvalue weighted by Crippen LogP contribution is -2.31. The lowest BCUT2D eigenvalue weighted by molar-refractivity contribution is -0.197. The standard InChI is InChI=1S/C13H18N2O6/c1-9(16)14-10(17)5-3-2-4-6-13(20)21-15-11(18)7-8-12(15)19/h2-8H2,1H3,(H,14,16,17). The quantitative estimate of drug-likeness (QED) is 0.531. The Morgan fingerprint density at radius 1 is 1.05 bits per heavy atom. The molecule has 0 aromatic rings. The minimum atomic E-state index is -0.646. The number of nitrogens with one attached hydrogen (secondary N) is 1. The highest BCUT2D eigenvalue weighted by atomic mass is 16.7. The van der Waals surface area contributed by atoms with E-state index in [1.54, 1.807) is 0 Å². The van der Waals surface area contributed by atoms with Crippen LogP contribution in [0.1, 0.15) is 51.9 Å². The van der Waals surface area contributed by atoms with Crippen molar-refractivity contribution in [2.75, 3.05) is 0 Å². The number of amides is 4. The zero-order valence-electron chi connectivity index (χ0n) is 11.8. The van der Waals surface area contributed by atoms with Gasteiger partial charge in [0.2, 0.25) is 11.8 Å². The number of rotatable bonds is 7. The maximum Gasteiger partial charge on any atom is 0.333 e. The second-order valence-corrected chi connectivity index (χ2v) is 4.71. The summed E-state index contributed by atoms with van der Waals surface area (Å²) in [5.41, 5.74) is 0. The number of imide groups is 2. The van der Waals surface area contributed by atoms with Gasteiger partial charge in [-0.1, -0.05) is 6.42 Å². The summed E-state index contributed by atoms with van der Waals surface area (Å²) in [4.78, 5) is 60.3. The number of unbranched alkanes of at least 4 members (excludes halogenated alkanes) is 2. The summed E-state index contributed by atoms with van der Waals surface area (Å²) in [5, 5.41) is 2.67. The van der Waals surface area contributed by atoms with E-state index < -0.39 is 23.7 Å². The van der Waals surface area contributed by atoms with Gasteiger partial charge in [0.1, 0.15) is 0 Å². The van der Waals surface area contributed by atoms with Gasteiger partial charge in [-0.3, -0.25) is 24.5 Å². The second-order valence-electron chi connectivity index (χ2n) is 4.71. The lowest BCUT2D eigenvalue weighted by atomic mass is 10.1. The number of nitrogens with zero attached hydrogens (tertiary/aromatic N) is 1. The fourth-order valence-corrected chi connectivity index (χ4v) is 1.80. The summed E-state index contributed by atoms with van der Waals surface area (Å²) in [6, 6.07) is 0. The zero-order chi connectivity index (χ0) is 15.8. The highest BCUT2D eigenvalue weighted by molar-refractivity contribution is 6.01. The van der Waals surface area contributed by atoms with Gasteiger partial charge in [0.25, 0.3) is 11.8 Å². The molecular formula is C13H18N2O6.